The second kappa shape index (κ2) is 8.96. The van der Waals surface area contributed by atoms with Gasteiger partial charge in [-0.15, -0.1) is 0 Å². The lowest BCUT2D eigenvalue weighted by Crippen LogP contribution is -2.19. The summed E-state index contributed by atoms with van der Waals surface area (Å²) in [7, 11) is 3.14. The van der Waals surface area contributed by atoms with Crippen molar-refractivity contribution in [2.75, 3.05) is 32.8 Å². The summed E-state index contributed by atoms with van der Waals surface area (Å²) in [6.07, 6.45) is 1.79. The van der Waals surface area contributed by atoms with Crippen LogP contribution in [0.5, 0.6) is 11.5 Å². The number of carbonyl (C=O) groups is 1. The molecule has 1 atom stereocenters. The van der Waals surface area contributed by atoms with Gasteiger partial charge < -0.3 is 24.3 Å². The molecule has 1 aliphatic rings. The van der Waals surface area contributed by atoms with Gasteiger partial charge in [-0.25, -0.2) is 14.8 Å². The molecule has 1 N–H and O–H groups in total. The summed E-state index contributed by atoms with van der Waals surface area (Å²) in [5, 5.41) is 3.16. The van der Waals surface area contributed by atoms with Crippen LogP contribution in [0.3, 0.4) is 0 Å². The van der Waals surface area contributed by atoms with Crippen LogP contribution in [0.4, 0.5) is 11.5 Å². The van der Waals surface area contributed by atoms with E-state index in [9.17, 15) is 4.79 Å². The molecule has 3 aromatic rings. The third-order valence-corrected chi connectivity index (χ3v) is 4.85. The molecule has 1 saturated heterocycles. The number of fused-ring (bicyclic) bond motifs is 1. The highest BCUT2D eigenvalue weighted by atomic mass is 16.6. The molecule has 2 heterocycles. The molecule has 0 saturated carbocycles. The molecule has 1 aliphatic heterocycles. The van der Waals surface area contributed by atoms with E-state index in [1.54, 1.807) is 38.5 Å². The lowest BCUT2D eigenvalue weighted by atomic mass is 10.2. The van der Waals surface area contributed by atoms with E-state index in [1.807, 2.05) is 18.2 Å². The van der Waals surface area contributed by atoms with Gasteiger partial charge in [0.25, 0.3) is 0 Å². The number of hydrogen-bond donors (Lipinski definition) is 1. The first kappa shape index (κ1) is 19.9. The van der Waals surface area contributed by atoms with Crippen molar-refractivity contribution < 1.29 is 23.7 Å². The van der Waals surface area contributed by atoms with Crippen LogP contribution in [0.1, 0.15) is 23.3 Å². The van der Waals surface area contributed by atoms with Crippen LogP contribution in [0, 0.1) is 0 Å². The molecule has 0 spiro atoms. The lowest BCUT2D eigenvalue weighted by molar-refractivity contribution is 0.0157. The Morgan fingerprint density at radius 3 is 2.63 bits per heavy atom. The second-order valence-electron chi connectivity index (χ2n) is 6.83. The summed E-state index contributed by atoms with van der Waals surface area (Å²) in [6, 6.07) is 12.7. The number of nitrogens with zero attached hydrogens (tertiary/aromatic N) is 2. The summed E-state index contributed by atoms with van der Waals surface area (Å²) in [6.45, 7) is 0.890. The Hall–Kier alpha value is -3.39. The van der Waals surface area contributed by atoms with Gasteiger partial charge in [0, 0.05) is 12.7 Å². The number of rotatable bonds is 7. The van der Waals surface area contributed by atoms with Gasteiger partial charge in [0.1, 0.15) is 18.1 Å². The average molecular weight is 409 g/mol. The Bertz CT molecular complexity index is 1050. The van der Waals surface area contributed by atoms with E-state index in [4.69, 9.17) is 18.9 Å². The first-order valence-electron chi connectivity index (χ1n) is 9.72. The molecule has 1 fully saturated rings. The monoisotopic (exact) mass is 409 g/mol. The number of para-hydroxylation sites is 2. The maximum atomic E-state index is 12.8. The third-order valence-electron chi connectivity index (χ3n) is 4.85. The van der Waals surface area contributed by atoms with Crippen LogP contribution < -0.4 is 14.8 Å². The predicted molar refractivity (Wildman–Crippen MR) is 112 cm³/mol. The van der Waals surface area contributed by atoms with Crippen molar-refractivity contribution in [2.45, 2.75) is 18.9 Å². The van der Waals surface area contributed by atoms with Gasteiger partial charge in [-0.1, -0.05) is 12.1 Å². The molecule has 8 nitrogen and oxygen atoms in total. The van der Waals surface area contributed by atoms with Crippen molar-refractivity contribution >= 4 is 28.5 Å². The zero-order valence-electron chi connectivity index (χ0n) is 16.9. The normalized spacial score (nSPS) is 15.7. The number of aromatic nitrogens is 2. The fraction of sp³-hybridized carbons (Fsp3) is 0.318. The molecule has 8 heteroatoms. The summed E-state index contributed by atoms with van der Waals surface area (Å²) in [5.74, 6) is 0.925. The van der Waals surface area contributed by atoms with E-state index in [1.165, 1.54) is 0 Å². The number of benzene rings is 2. The van der Waals surface area contributed by atoms with E-state index in [0.29, 0.717) is 34.8 Å². The van der Waals surface area contributed by atoms with Gasteiger partial charge in [-0.3, -0.25) is 0 Å². The molecule has 0 radical (unpaired) electrons. The third kappa shape index (κ3) is 4.28. The summed E-state index contributed by atoms with van der Waals surface area (Å²) < 4.78 is 21.7. The topological polar surface area (TPSA) is 91.8 Å². The molecule has 156 valence electrons. The standard InChI is InChI=1S/C22H23N3O5/c1-27-14-9-10-18(19(12-14)28-2)25-21-20(22(26)30-13-15-6-5-11-29-15)23-16-7-3-4-8-17(16)24-21/h3-4,7-10,12,15H,5-6,11,13H2,1-2H3,(H,24,25)/t15-/m0/s1. The minimum atomic E-state index is -0.557. The lowest BCUT2D eigenvalue weighted by Gasteiger charge is -2.15. The Morgan fingerprint density at radius 2 is 1.93 bits per heavy atom. The van der Waals surface area contributed by atoms with Crippen LogP contribution in [0.15, 0.2) is 42.5 Å². The zero-order valence-corrected chi connectivity index (χ0v) is 16.9. The number of anilines is 2. The first-order valence-corrected chi connectivity index (χ1v) is 9.72. The van der Waals surface area contributed by atoms with E-state index in [-0.39, 0.29) is 24.2 Å². The van der Waals surface area contributed by atoms with Crippen molar-refractivity contribution in [3.63, 3.8) is 0 Å². The number of esters is 1. The van der Waals surface area contributed by atoms with Crippen LogP contribution in [-0.2, 0) is 9.47 Å². The smallest absolute Gasteiger partial charge is 0.360 e. The highest BCUT2D eigenvalue weighted by Crippen LogP contribution is 2.32. The highest BCUT2D eigenvalue weighted by Gasteiger charge is 2.23. The van der Waals surface area contributed by atoms with Gasteiger partial charge in [-0.05, 0) is 37.1 Å². The molecule has 2 aromatic carbocycles. The Labute approximate surface area is 174 Å². The summed E-state index contributed by atoms with van der Waals surface area (Å²) in [5.41, 5.74) is 1.98. The molecule has 0 unspecified atom stereocenters. The SMILES string of the molecule is COc1ccc(Nc2nc3ccccc3nc2C(=O)OC[C@@H]2CCCO2)c(OC)c1. The quantitative estimate of drug-likeness (QED) is 0.590. The summed E-state index contributed by atoms with van der Waals surface area (Å²) >= 11 is 0. The van der Waals surface area contributed by atoms with E-state index >= 15 is 0 Å². The maximum absolute atomic E-state index is 12.8. The molecular formula is C22H23N3O5. The largest absolute Gasteiger partial charge is 0.497 e. The van der Waals surface area contributed by atoms with Crippen LogP contribution in [0.2, 0.25) is 0 Å². The van der Waals surface area contributed by atoms with E-state index in [2.05, 4.69) is 15.3 Å². The van der Waals surface area contributed by atoms with Gasteiger partial charge in [-0.2, -0.15) is 0 Å². The molecule has 0 bridgehead atoms. The predicted octanol–water partition coefficient (Wildman–Crippen LogP) is 3.73. The number of nitrogens with one attached hydrogen (secondary N) is 1. The first-order chi connectivity index (χ1) is 14.7. The van der Waals surface area contributed by atoms with Crippen LogP contribution in [-0.4, -0.2) is 49.5 Å². The van der Waals surface area contributed by atoms with E-state index in [0.717, 1.165) is 12.8 Å². The zero-order chi connectivity index (χ0) is 20.9. The highest BCUT2D eigenvalue weighted by molar-refractivity contribution is 5.96. The molecule has 1 aromatic heterocycles. The van der Waals surface area contributed by atoms with Gasteiger partial charge in [0.05, 0.1) is 37.0 Å². The van der Waals surface area contributed by atoms with Crippen molar-refractivity contribution in [2.24, 2.45) is 0 Å². The minimum absolute atomic E-state index is 0.0690. The number of hydrogen-bond acceptors (Lipinski definition) is 8. The van der Waals surface area contributed by atoms with Crippen molar-refractivity contribution in [3.05, 3.63) is 48.2 Å². The number of carbonyl (C=O) groups excluding carboxylic acids is 1. The number of methoxy groups -OCH3 is 2. The Kier molecular flexibility index (Phi) is 5.94. The fourth-order valence-corrected chi connectivity index (χ4v) is 3.27. The minimum Gasteiger partial charge on any atom is -0.497 e. The molecular weight excluding hydrogens is 386 g/mol. The van der Waals surface area contributed by atoms with Gasteiger partial charge in [0.15, 0.2) is 11.5 Å². The second-order valence-corrected chi connectivity index (χ2v) is 6.83. The molecule has 30 heavy (non-hydrogen) atoms. The fourth-order valence-electron chi connectivity index (χ4n) is 3.27. The Morgan fingerprint density at radius 1 is 1.13 bits per heavy atom. The summed E-state index contributed by atoms with van der Waals surface area (Å²) in [4.78, 5) is 21.9. The average Bonchev–Trinajstić information content (AvgIpc) is 3.31. The van der Waals surface area contributed by atoms with Crippen molar-refractivity contribution in [1.29, 1.82) is 0 Å². The molecule has 0 aliphatic carbocycles. The Balaban J connectivity index is 1.67. The van der Waals surface area contributed by atoms with Crippen molar-refractivity contribution in [1.82, 2.24) is 9.97 Å². The van der Waals surface area contributed by atoms with Gasteiger partial charge in [0.2, 0.25) is 0 Å². The number of ether oxygens (including phenoxy) is 4. The van der Waals surface area contributed by atoms with Crippen LogP contribution in [0.25, 0.3) is 11.0 Å². The maximum Gasteiger partial charge on any atom is 0.360 e. The van der Waals surface area contributed by atoms with Gasteiger partial charge >= 0.3 is 5.97 Å². The van der Waals surface area contributed by atoms with Crippen LogP contribution >= 0.6 is 0 Å². The van der Waals surface area contributed by atoms with Crippen molar-refractivity contribution in [3.8, 4) is 11.5 Å². The van der Waals surface area contributed by atoms with E-state index < -0.39 is 5.97 Å². The molecule has 4 rings (SSSR count). The molecule has 0 amide bonds.